The van der Waals surface area contributed by atoms with Gasteiger partial charge in [0.2, 0.25) is 10.0 Å². The molecule has 0 fully saturated rings. The molecule has 0 spiro atoms. The third-order valence-electron chi connectivity index (χ3n) is 3.22. The Balaban J connectivity index is 2.14. The first-order valence-corrected chi connectivity index (χ1v) is 9.36. The number of hydrogen-bond acceptors (Lipinski definition) is 3. The molecule has 0 aromatic heterocycles. The molecule has 0 aliphatic heterocycles. The smallest absolute Gasteiger partial charge is 0.251 e. The summed E-state index contributed by atoms with van der Waals surface area (Å²) in [4.78, 5) is 12.1. The summed E-state index contributed by atoms with van der Waals surface area (Å²) >= 11 is 3.23. The number of rotatable bonds is 6. The lowest BCUT2D eigenvalue weighted by molar-refractivity contribution is 0.0950. The summed E-state index contributed by atoms with van der Waals surface area (Å²) in [5.74, 6) is 1.20. The molecule has 2 N–H and O–H groups in total. The summed E-state index contributed by atoms with van der Waals surface area (Å²) < 4.78 is 40.7. The van der Waals surface area contributed by atoms with Crippen molar-refractivity contribution in [2.45, 2.75) is 11.4 Å². The van der Waals surface area contributed by atoms with E-state index >= 15 is 0 Å². The summed E-state index contributed by atoms with van der Waals surface area (Å²) in [5, 5.41) is 2.56. The molecule has 1 amide bonds. The molecule has 0 aliphatic rings. The molecule has 0 radical (unpaired) electrons. The van der Waals surface area contributed by atoms with Crippen LogP contribution in [-0.4, -0.2) is 20.9 Å². The van der Waals surface area contributed by atoms with E-state index in [-0.39, 0.29) is 23.5 Å². The largest absolute Gasteiger partial charge is 0.348 e. The zero-order valence-electron chi connectivity index (χ0n) is 12.9. The van der Waals surface area contributed by atoms with Gasteiger partial charge in [-0.3, -0.25) is 4.79 Å². The first kappa shape index (κ1) is 19.1. The standard InChI is InChI=1S/C17H14BrFN2O3S/c1-2-8-21-25(23,24)15-5-3-4-12(10-15)17(22)20-11-13-9-14(18)6-7-16(13)19/h1,3-7,9-10,21H,8,11H2,(H,20,22). The Bertz CT molecular complexity index is 939. The molecule has 0 bridgehead atoms. The Morgan fingerprint density at radius 1 is 1.24 bits per heavy atom. The lowest BCUT2D eigenvalue weighted by atomic mass is 10.2. The van der Waals surface area contributed by atoms with E-state index in [1.54, 1.807) is 12.1 Å². The Morgan fingerprint density at radius 3 is 2.72 bits per heavy atom. The van der Waals surface area contributed by atoms with Crippen molar-refractivity contribution in [1.82, 2.24) is 10.0 Å². The highest BCUT2D eigenvalue weighted by atomic mass is 79.9. The van der Waals surface area contributed by atoms with Crippen LogP contribution >= 0.6 is 15.9 Å². The van der Waals surface area contributed by atoms with Gasteiger partial charge in [0.15, 0.2) is 0 Å². The van der Waals surface area contributed by atoms with Gasteiger partial charge in [0.25, 0.3) is 5.91 Å². The number of carbonyl (C=O) groups is 1. The number of amides is 1. The van der Waals surface area contributed by atoms with Gasteiger partial charge in [0, 0.05) is 22.1 Å². The van der Waals surface area contributed by atoms with E-state index in [2.05, 4.69) is 31.9 Å². The SMILES string of the molecule is C#CCNS(=O)(=O)c1cccc(C(=O)NCc2cc(Br)ccc2F)c1. The van der Waals surface area contributed by atoms with Gasteiger partial charge in [-0.2, -0.15) is 4.72 Å². The van der Waals surface area contributed by atoms with Crippen molar-refractivity contribution in [3.63, 3.8) is 0 Å². The van der Waals surface area contributed by atoms with Crippen LogP contribution in [0.15, 0.2) is 51.8 Å². The molecule has 0 unspecified atom stereocenters. The minimum atomic E-state index is -3.80. The highest BCUT2D eigenvalue weighted by Crippen LogP contribution is 2.16. The quantitative estimate of drug-likeness (QED) is 0.699. The van der Waals surface area contributed by atoms with Crippen molar-refractivity contribution < 1.29 is 17.6 Å². The van der Waals surface area contributed by atoms with E-state index < -0.39 is 21.7 Å². The van der Waals surface area contributed by atoms with Crippen molar-refractivity contribution in [2.75, 3.05) is 6.54 Å². The number of carbonyl (C=O) groups excluding carboxylic acids is 1. The lowest BCUT2D eigenvalue weighted by Crippen LogP contribution is -2.26. The summed E-state index contributed by atoms with van der Waals surface area (Å²) in [7, 11) is -3.80. The molecule has 0 saturated carbocycles. The molecule has 2 aromatic rings. The number of terminal acetylenes is 1. The van der Waals surface area contributed by atoms with Crippen LogP contribution in [0.2, 0.25) is 0 Å². The molecule has 2 aromatic carbocycles. The van der Waals surface area contributed by atoms with Crippen molar-refractivity contribution in [2.24, 2.45) is 0 Å². The monoisotopic (exact) mass is 424 g/mol. The number of nitrogens with one attached hydrogen (secondary N) is 2. The molecule has 8 heteroatoms. The number of halogens is 2. The van der Waals surface area contributed by atoms with Crippen LogP contribution in [0.1, 0.15) is 15.9 Å². The minimum absolute atomic E-state index is 0.0313. The molecule has 0 heterocycles. The highest BCUT2D eigenvalue weighted by Gasteiger charge is 2.15. The Labute approximate surface area is 153 Å². The van der Waals surface area contributed by atoms with Crippen LogP contribution in [0.25, 0.3) is 0 Å². The fourth-order valence-electron chi connectivity index (χ4n) is 1.98. The summed E-state index contributed by atoms with van der Waals surface area (Å²) in [6.07, 6.45) is 5.03. The van der Waals surface area contributed by atoms with Crippen molar-refractivity contribution in [3.05, 3.63) is 63.9 Å². The van der Waals surface area contributed by atoms with Gasteiger partial charge >= 0.3 is 0 Å². The molecule has 0 aliphatic carbocycles. The molecule has 0 saturated heterocycles. The van der Waals surface area contributed by atoms with Gasteiger partial charge in [-0.15, -0.1) is 6.42 Å². The second-order valence-corrected chi connectivity index (χ2v) is 7.66. The van der Waals surface area contributed by atoms with E-state index in [0.717, 1.165) is 0 Å². The molecule has 0 atom stereocenters. The van der Waals surface area contributed by atoms with Crippen LogP contribution < -0.4 is 10.0 Å². The molecular weight excluding hydrogens is 411 g/mol. The van der Waals surface area contributed by atoms with Crippen LogP contribution in [0.5, 0.6) is 0 Å². The summed E-state index contributed by atoms with van der Waals surface area (Å²) in [6, 6.07) is 9.88. The second-order valence-electron chi connectivity index (χ2n) is 4.97. The molecule has 5 nitrogen and oxygen atoms in total. The van der Waals surface area contributed by atoms with Crippen LogP contribution in [0.4, 0.5) is 4.39 Å². The van der Waals surface area contributed by atoms with Crippen molar-refractivity contribution >= 4 is 31.9 Å². The first-order chi connectivity index (χ1) is 11.8. The zero-order chi connectivity index (χ0) is 18.4. The third kappa shape index (κ3) is 5.13. The van der Waals surface area contributed by atoms with E-state index in [0.29, 0.717) is 10.0 Å². The van der Waals surface area contributed by atoms with Gasteiger partial charge in [0.1, 0.15) is 5.82 Å². The molecular formula is C17H14BrFN2O3S. The predicted molar refractivity (Wildman–Crippen MR) is 95.7 cm³/mol. The van der Waals surface area contributed by atoms with Gasteiger partial charge in [-0.25, -0.2) is 12.8 Å². The van der Waals surface area contributed by atoms with E-state index in [1.165, 1.54) is 30.3 Å². The summed E-state index contributed by atoms with van der Waals surface area (Å²) in [6.45, 7) is -0.183. The number of hydrogen-bond donors (Lipinski definition) is 2. The molecule has 130 valence electrons. The van der Waals surface area contributed by atoms with E-state index in [4.69, 9.17) is 6.42 Å². The minimum Gasteiger partial charge on any atom is -0.348 e. The van der Waals surface area contributed by atoms with E-state index in [9.17, 15) is 17.6 Å². The van der Waals surface area contributed by atoms with Gasteiger partial charge in [-0.1, -0.05) is 27.9 Å². The third-order valence-corrected chi connectivity index (χ3v) is 5.11. The van der Waals surface area contributed by atoms with Crippen molar-refractivity contribution in [1.29, 1.82) is 0 Å². The average Bonchev–Trinajstić information content (AvgIpc) is 2.60. The normalized spacial score (nSPS) is 10.9. The Hall–Kier alpha value is -2.21. The maximum atomic E-state index is 13.7. The fraction of sp³-hybridized carbons (Fsp3) is 0.118. The second kappa shape index (κ2) is 8.25. The number of benzene rings is 2. The summed E-state index contributed by atoms with van der Waals surface area (Å²) in [5.41, 5.74) is 0.446. The van der Waals surface area contributed by atoms with E-state index in [1.807, 2.05) is 0 Å². The van der Waals surface area contributed by atoms with Gasteiger partial charge in [-0.05, 0) is 36.4 Å². The maximum absolute atomic E-state index is 13.7. The molecule has 2 rings (SSSR count). The van der Waals surface area contributed by atoms with Crippen LogP contribution in [-0.2, 0) is 16.6 Å². The van der Waals surface area contributed by atoms with Crippen LogP contribution in [0.3, 0.4) is 0 Å². The van der Waals surface area contributed by atoms with Crippen LogP contribution in [0, 0.1) is 18.2 Å². The topological polar surface area (TPSA) is 75.3 Å². The maximum Gasteiger partial charge on any atom is 0.251 e. The first-order valence-electron chi connectivity index (χ1n) is 7.09. The average molecular weight is 425 g/mol. The Kier molecular flexibility index (Phi) is 6.31. The van der Waals surface area contributed by atoms with Gasteiger partial charge < -0.3 is 5.32 Å². The van der Waals surface area contributed by atoms with Gasteiger partial charge in [0.05, 0.1) is 11.4 Å². The highest BCUT2D eigenvalue weighted by molar-refractivity contribution is 9.10. The number of sulfonamides is 1. The lowest BCUT2D eigenvalue weighted by Gasteiger charge is -2.09. The predicted octanol–water partition coefficient (Wildman–Crippen LogP) is 2.43. The Morgan fingerprint density at radius 2 is 2.00 bits per heavy atom. The fourth-order valence-corrected chi connectivity index (χ4v) is 3.37. The van der Waals surface area contributed by atoms with Crippen molar-refractivity contribution in [3.8, 4) is 12.3 Å². The molecule has 25 heavy (non-hydrogen) atoms. The zero-order valence-corrected chi connectivity index (χ0v) is 15.3.